The van der Waals surface area contributed by atoms with E-state index in [0.29, 0.717) is 18.7 Å². The Balaban J connectivity index is 2.22. The van der Waals surface area contributed by atoms with Crippen molar-refractivity contribution in [3.05, 3.63) is 31.9 Å². The highest BCUT2D eigenvalue weighted by Crippen LogP contribution is 2.33. The molecule has 6 nitrogen and oxygen atoms in total. The van der Waals surface area contributed by atoms with E-state index in [2.05, 4.69) is 22.6 Å². The second kappa shape index (κ2) is 6.38. The van der Waals surface area contributed by atoms with Crippen LogP contribution in [0.25, 0.3) is 0 Å². The fraction of sp³-hybridized carbons (Fsp3) is 0.462. The zero-order valence-corrected chi connectivity index (χ0v) is 13.1. The van der Waals surface area contributed by atoms with Gasteiger partial charge in [0.15, 0.2) is 0 Å². The third kappa shape index (κ3) is 3.59. The van der Waals surface area contributed by atoms with E-state index in [4.69, 9.17) is 5.73 Å². The highest BCUT2D eigenvalue weighted by molar-refractivity contribution is 14.1. The van der Waals surface area contributed by atoms with Gasteiger partial charge in [0.2, 0.25) is 5.91 Å². The topological polar surface area (TPSA) is 89.5 Å². The minimum Gasteiger partial charge on any atom is -0.370 e. The molecule has 1 aliphatic rings. The van der Waals surface area contributed by atoms with E-state index in [9.17, 15) is 14.9 Å². The summed E-state index contributed by atoms with van der Waals surface area (Å²) in [5.74, 6) is -0.130. The molecule has 0 spiro atoms. The molecule has 1 saturated heterocycles. The number of amides is 1. The predicted molar refractivity (Wildman–Crippen MR) is 84.6 cm³/mol. The molecular weight excluding hydrogens is 373 g/mol. The number of carbonyl (C=O) groups is 1. The number of nitrogens with zero attached hydrogens (tertiary/aromatic N) is 2. The van der Waals surface area contributed by atoms with Gasteiger partial charge in [-0.25, -0.2) is 0 Å². The van der Waals surface area contributed by atoms with E-state index in [0.717, 1.165) is 23.0 Å². The molecule has 20 heavy (non-hydrogen) atoms. The molecule has 1 aliphatic heterocycles. The van der Waals surface area contributed by atoms with Crippen molar-refractivity contribution in [1.82, 2.24) is 0 Å². The molecule has 1 heterocycles. The summed E-state index contributed by atoms with van der Waals surface area (Å²) in [4.78, 5) is 23.8. The zero-order valence-electron chi connectivity index (χ0n) is 10.9. The smallest absolute Gasteiger partial charge is 0.293 e. The number of nitrogens with two attached hydrogens (primary N) is 1. The molecule has 1 fully saturated rings. The zero-order chi connectivity index (χ0) is 14.7. The highest BCUT2D eigenvalue weighted by Gasteiger charge is 2.26. The molecule has 0 radical (unpaired) electrons. The largest absolute Gasteiger partial charge is 0.370 e. The van der Waals surface area contributed by atoms with Gasteiger partial charge in [-0.15, -0.1) is 0 Å². The number of anilines is 1. The molecule has 1 atom stereocenters. The van der Waals surface area contributed by atoms with E-state index in [1.165, 1.54) is 0 Å². The summed E-state index contributed by atoms with van der Waals surface area (Å²) < 4.78 is 0.837. The van der Waals surface area contributed by atoms with E-state index >= 15 is 0 Å². The molecular formula is C13H16IN3O3. The van der Waals surface area contributed by atoms with Gasteiger partial charge in [-0.1, -0.05) is 0 Å². The van der Waals surface area contributed by atoms with Crippen molar-refractivity contribution in [2.45, 2.75) is 19.3 Å². The Morgan fingerprint density at radius 1 is 1.55 bits per heavy atom. The molecule has 1 aromatic carbocycles. The van der Waals surface area contributed by atoms with E-state index in [1.807, 2.05) is 11.0 Å². The first-order valence-electron chi connectivity index (χ1n) is 6.44. The standard InChI is InChI=1S/C13H16IN3O3/c14-10-3-4-11(12(7-10)17(19)20)16-5-1-2-9(8-16)6-13(15)18/h3-4,7,9H,1-2,5-6,8H2,(H2,15,18). The molecule has 1 aromatic rings. The van der Waals surface area contributed by atoms with E-state index in [-0.39, 0.29) is 22.4 Å². The number of hydrogen-bond donors (Lipinski definition) is 1. The average Bonchev–Trinajstić information content (AvgIpc) is 2.38. The Kier molecular flexibility index (Phi) is 4.79. The lowest BCUT2D eigenvalue weighted by atomic mass is 9.94. The first-order valence-corrected chi connectivity index (χ1v) is 7.52. The van der Waals surface area contributed by atoms with Crippen molar-refractivity contribution in [1.29, 1.82) is 0 Å². The minimum atomic E-state index is -0.352. The number of nitro benzene ring substituents is 1. The van der Waals surface area contributed by atoms with Gasteiger partial charge < -0.3 is 10.6 Å². The molecule has 1 unspecified atom stereocenters. The Bertz CT molecular complexity index is 536. The van der Waals surface area contributed by atoms with Crippen LogP contribution in [-0.2, 0) is 4.79 Å². The lowest BCUT2D eigenvalue weighted by Gasteiger charge is -2.33. The van der Waals surface area contributed by atoms with Gasteiger partial charge in [0.1, 0.15) is 5.69 Å². The highest BCUT2D eigenvalue weighted by atomic mass is 127. The maximum atomic E-state index is 11.2. The van der Waals surface area contributed by atoms with Crippen LogP contribution in [0, 0.1) is 19.6 Å². The van der Waals surface area contributed by atoms with Gasteiger partial charge in [0, 0.05) is 29.1 Å². The molecule has 7 heteroatoms. The third-order valence-corrected chi connectivity index (χ3v) is 4.15. The lowest BCUT2D eigenvalue weighted by Crippen LogP contribution is -2.37. The van der Waals surface area contributed by atoms with Crippen LogP contribution in [0.4, 0.5) is 11.4 Å². The predicted octanol–water partition coefficient (Wildman–Crippen LogP) is 2.29. The minimum absolute atomic E-state index is 0.122. The van der Waals surface area contributed by atoms with Crippen molar-refractivity contribution in [2.24, 2.45) is 11.7 Å². The van der Waals surface area contributed by atoms with Gasteiger partial charge in [-0.2, -0.15) is 0 Å². The third-order valence-electron chi connectivity index (χ3n) is 3.48. The first-order chi connectivity index (χ1) is 9.47. The Morgan fingerprint density at radius 2 is 2.30 bits per heavy atom. The monoisotopic (exact) mass is 389 g/mol. The fourth-order valence-electron chi connectivity index (χ4n) is 2.65. The molecule has 0 aliphatic carbocycles. The van der Waals surface area contributed by atoms with Gasteiger partial charge in [-0.05, 0) is 53.5 Å². The molecule has 2 N–H and O–H groups in total. The molecule has 108 valence electrons. The first kappa shape index (κ1) is 15.0. The number of nitro groups is 1. The average molecular weight is 389 g/mol. The van der Waals surface area contributed by atoms with Gasteiger partial charge in [0.05, 0.1) is 4.92 Å². The van der Waals surface area contributed by atoms with Crippen LogP contribution in [0.5, 0.6) is 0 Å². The number of piperidine rings is 1. The van der Waals surface area contributed by atoms with Crippen LogP contribution in [-0.4, -0.2) is 23.9 Å². The molecule has 2 rings (SSSR count). The van der Waals surface area contributed by atoms with Crippen LogP contribution < -0.4 is 10.6 Å². The quantitative estimate of drug-likeness (QED) is 0.486. The van der Waals surface area contributed by atoms with Gasteiger partial charge in [0.25, 0.3) is 5.69 Å². The van der Waals surface area contributed by atoms with Crippen molar-refractivity contribution in [3.63, 3.8) is 0 Å². The molecule has 0 aromatic heterocycles. The summed E-state index contributed by atoms with van der Waals surface area (Å²) in [6.07, 6.45) is 2.20. The number of benzene rings is 1. The fourth-order valence-corrected chi connectivity index (χ4v) is 3.12. The van der Waals surface area contributed by atoms with Crippen molar-refractivity contribution >= 4 is 39.9 Å². The summed E-state index contributed by atoms with van der Waals surface area (Å²) in [6.45, 7) is 1.42. The van der Waals surface area contributed by atoms with Crippen LogP contribution in [0.3, 0.4) is 0 Å². The van der Waals surface area contributed by atoms with Crippen molar-refractivity contribution in [2.75, 3.05) is 18.0 Å². The van der Waals surface area contributed by atoms with E-state index < -0.39 is 0 Å². The number of primary amides is 1. The normalized spacial score (nSPS) is 18.9. The summed E-state index contributed by atoms with van der Waals surface area (Å²) in [5.41, 5.74) is 5.99. The second-order valence-corrected chi connectivity index (χ2v) is 6.26. The van der Waals surface area contributed by atoms with E-state index in [1.54, 1.807) is 12.1 Å². The maximum Gasteiger partial charge on any atom is 0.293 e. The number of halogens is 1. The summed E-state index contributed by atoms with van der Waals surface area (Å²) in [5, 5.41) is 11.2. The second-order valence-electron chi connectivity index (χ2n) is 5.01. The molecule has 0 bridgehead atoms. The molecule has 1 amide bonds. The Labute approximate surface area is 130 Å². The summed E-state index contributed by atoms with van der Waals surface area (Å²) in [6, 6.07) is 5.22. The van der Waals surface area contributed by atoms with Crippen LogP contribution in [0.2, 0.25) is 0 Å². The number of rotatable bonds is 4. The number of hydrogen-bond acceptors (Lipinski definition) is 4. The lowest BCUT2D eigenvalue weighted by molar-refractivity contribution is -0.384. The van der Waals surface area contributed by atoms with Crippen LogP contribution in [0.15, 0.2) is 18.2 Å². The molecule has 0 saturated carbocycles. The summed E-state index contributed by atoms with van der Waals surface area (Å²) in [7, 11) is 0. The maximum absolute atomic E-state index is 11.2. The van der Waals surface area contributed by atoms with Crippen molar-refractivity contribution < 1.29 is 9.72 Å². The number of carbonyl (C=O) groups excluding carboxylic acids is 1. The Morgan fingerprint density at radius 3 is 2.95 bits per heavy atom. The van der Waals surface area contributed by atoms with Gasteiger partial charge >= 0.3 is 0 Å². The van der Waals surface area contributed by atoms with Crippen LogP contribution in [0.1, 0.15) is 19.3 Å². The Hall–Kier alpha value is -1.38. The van der Waals surface area contributed by atoms with Crippen LogP contribution >= 0.6 is 22.6 Å². The summed E-state index contributed by atoms with van der Waals surface area (Å²) >= 11 is 2.06. The van der Waals surface area contributed by atoms with Gasteiger partial charge in [-0.3, -0.25) is 14.9 Å². The SMILES string of the molecule is NC(=O)CC1CCCN(c2ccc(I)cc2[N+](=O)[O-])C1. The van der Waals surface area contributed by atoms with Crippen molar-refractivity contribution in [3.8, 4) is 0 Å².